The summed E-state index contributed by atoms with van der Waals surface area (Å²) in [5.74, 6) is 1.12. The van der Waals surface area contributed by atoms with Crippen LogP contribution >= 0.6 is 0 Å². The Bertz CT molecular complexity index is 301. The predicted molar refractivity (Wildman–Crippen MR) is 59.7 cm³/mol. The van der Waals surface area contributed by atoms with E-state index in [1.54, 1.807) is 0 Å². The van der Waals surface area contributed by atoms with Crippen molar-refractivity contribution < 1.29 is 0 Å². The van der Waals surface area contributed by atoms with Crippen molar-refractivity contribution in [1.29, 1.82) is 0 Å². The molecule has 6 nitrogen and oxygen atoms in total. The molecule has 0 bridgehead atoms. The lowest BCUT2D eigenvalue weighted by Crippen LogP contribution is -2.46. The Morgan fingerprint density at radius 1 is 1.33 bits per heavy atom. The Morgan fingerprint density at radius 2 is 2.07 bits per heavy atom. The van der Waals surface area contributed by atoms with E-state index in [2.05, 4.69) is 31.9 Å². The van der Waals surface area contributed by atoms with Crippen LogP contribution in [0.5, 0.6) is 0 Å². The monoisotopic (exact) mass is 210 g/mol. The summed E-state index contributed by atoms with van der Waals surface area (Å²) in [6.45, 7) is 7.53. The van der Waals surface area contributed by atoms with Gasteiger partial charge in [-0.1, -0.05) is 6.92 Å². The van der Waals surface area contributed by atoms with Crippen LogP contribution in [0, 0.1) is 0 Å². The van der Waals surface area contributed by atoms with E-state index < -0.39 is 0 Å². The third-order valence-electron chi connectivity index (χ3n) is 2.69. The molecule has 0 unspecified atom stereocenters. The fraction of sp³-hybridized carbons (Fsp3) is 0.778. The van der Waals surface area contributed by atoms with Crippen LogP contribution in [-0.4, -0.2) is 52.8 Å². The molecule has 0 radical (unpaired) electrons. The molecule has 0 aliphatic carbocycles. The molecule has 15 heavy (non-hydrogen) atoms. The van der Waals surface area contributed by atoms with Crippen LogP contribution in [0.2, 0.25) is 0 Å². The minimum Gasteiger partial charge on any atom is -0.368 e. The first-order valence-electron chi connectivity index (χ1n) is 5.44. The number of nitrogens with two attached hydrogens (primary N) is 1. The van der Waals surface area contributed by atoms with Gasteiger partial charge in [0.2, 0.25) is 11.9 Å². The van der Waals surface area contributed by atoms with E-state index in [0.717, 1.165) is 32.1 Å². The second kappa shape index (κ2) is 4.48. The Hall–Kier alpha value is -1.30. The lowest BCUT2D eigenvalue weighted by Gasteiger charge is -2.33. The zero-order valence-electron chi connectivity index (χ0n) is 9.11. The third kappa shape index (κ3) is 2.38. The van der Waals surface area contributed by atoms with E-state index in [1.807, 2.05) is 0 Å². The summed E-state index contributed by atoms with van der Waals surface area (Å²) in [6, 6.07) is 0. The average molecular weight is 210 g/mol. The second-order valence-electron chi connectivity index (χ2n) is 3.85. The predicted octanol–water partition coefficient (Wildman–Crippen LogP) is -0.0811. The molecule has 1 fully saturated rings. The highest BCUT2D eigenvalue weighted by Crippen LogP contribution is 2.11. The number of H-pyrrole nitrogens is 1. The number of nitrogens with zero attached hydrogens (tertiary/aromatic N) is 4. The van der Waals surface area contributed by atoms with Crippen LogP contribution in [0.1, 0.15) is 13.3 Å². The minimum absolute atomic E-state index is 0.390. The molecule has 0 aromatic carbocycles. The molecule has 1 aliphatic rings. The number of nitrogens with one attached hydrogen (secondary N) is 1. The van der Waals surface area contributed by atoms with Crippen LogP contribution in [0.25, 0.3) is 0 Å². The first kappa shape index (κ1) is 10.2. The average Bonchev–Trinajstić information content (AvgIpc) is 2.67. The van der Waals surface area contributed by atoms with Gasteiger partial charge in [-0.25, -0.2) is 5.10 Å². The summed E-state index contributed by atoms with van der Waals surface area (Å²) in [5, 5.41) is 6.72. The number of aromatic nitrogens is 3. The first-order chi connectivity index (χ1) is 7.29. The van der Waals surface area contributed by atoms with Crippen molar-refractivity contribution in [2.24, 2.45) is 0 Å². The molecule has 84 valence electrons. The summed E-state index contributed by atoms with van der Waals surface area (Å²) in [7, 11) is 0. The molecule has 1 saturated heterocycles. The van der Waals surface area contributed by atoms with E-state index in [4.69, 9.17) is 5.73 Å². The molecule has 3 N–H and O–H groups in total. The Kier molecular flexibility index (Phi) is 3.05. The summed E-state index contributed by atoms with van der Waals surface area (Å²) in [4.78, 5) is 8.75. The van der Waals surface area contributed by atoms with Gasteiger partial charge in [-0.05, 0) is 13.0 Å². The Balaban J connectivity index is 1.88. The highest BCUT2D eigenvalue weighted by atomic mass is 15.4. The van der Waals surface area contributed by atoms with Crippen molar-refractivity contribution >= 4 is 11.9 Å². The summed E-state index contributed by atoms with van der Waals surface area (Å²) < 4.78 is 0. The number of aromatic amines is 1. The van der Waals surface area contributed by atoms with Gasteiger partial charge in [-0.15, -0.1) is 5.10 Å². The number of hydrogen-bond acceptors (Lipinski definition) is 5. The van der Waals surface area contributed by atoms with Crippen LogP contribution in [0.15, 0.2) is 0 Å². The van der Waals surface area contributed by atoms with Gasteiger partial charge in [0.1, 0.15) is 0 Å². The molecule has 0 spiro atoms. The summed E-state index contributed by atoms with van der Waals surface area (Å²) in [5.41, 5.74) is 5.49. The SMILES string of the molecule is CCCN1CCN(c2n[nH]c(N)n2)CC1. The number of nitrogen functional groups attached to an aromatic ring is 1. The molecule has 0 saturated carbocycles. The van der Waals surface area contributed by atoms with Gasteiger partial charge >= 0.3 is 0 Å². The van der Waals surface area contributed by atoms with Gasteiger partial charge in [0.05, 0.1) is 0 Å². The second-order valence-corrected chi connectivity index (χ2v) is 3.85. The van der Waals surface area contributed by atoms with Gasteiger partial charge in [-0.2, -0.15) is 4.98 Å². The zero-order valence-corrected chi connectivity index (χ0v) is 9.11. The van der Waals surface area contributed by atoms with Crippen molar-refractivity contribution in [1.82, 2.24) is 20.1 Å². The van der Waals surface area contributed by atoms with E-state index >= 15 is 0 Å². The van der Waals surface area contributed by atoms with Crippen molar-refractivity contribution in [3.8, 4) is 0 Å². The molecule has 1 aliphatic heterocycles. The van der Waals surface area contributed by atoms with Crippen molar-refractivity contribution in [3.63, 3.8) is 0 Å². The molecule has 1 aromatic heterocycles. The normalized spacial score (nSPS) is 18.3. The number of piperazine rings is 1. The smallest absolute Gasteiger partial charge is 0.246 e. The lowest BCUT2D eigenvalue weighted by atomic mass is 10.3. The topological polar surface area (TPSA) is 74.1 Å². The fourth-order valence-electron chi connectivity index (χ4n) is 1.89. The standard InChI is InChI=1S/C9H18N6/c1-2-3-14-4-6-15(7-5-14)9-11-8(10)12-13-9/h2-7H2,1H3,(H3,10,11,12,13). The van der Waals surface area contributed by atoms with Crippen LogP contribution < -0.4 is 10.6 Å². The van der Waals surface area contributed by atoms with Crippen molar-refractivity contribution in [2.75, 3.05) is 43.4 Å². The maximum absolute atomic E-state index is 5.49. The fourth-order valence-corrected chi connectivity index (χ4v) is 1.89. The number of anilines is 2. The van der Waals surface area contributed by atoms with Crippen LogP contribution in [0.3, 0.4) is 0 Å². The van der Waals surface area contributed by atoms with E-state index in [1.165, 1.54) is 13.0 Å². The third-order valence-corrected chi connectivity index (χ3v) is 2.69. The molecule has 0 amide bonds. The molecule has 2 heterocycles. The Labute approximate surface area is 89.5 Å². The summed E-state index contributed by atoms with van der Waals surface area (Å²) in [6.07, 6.45) is 1.22. The van der Waals surface area contributed by atoms with Gasteiger partial charge in [-0.3, -0.25) is 4.90 Å². The van der Waals surface area contributed by atoms with E-state index in [-0.39, 0.29) is 0 Å². The molecule has 2 rings (SSSR count). The Morgan fingerprint density at radius 3 is 2.60 bits per heavy atom. The van der Waals surface area contributed by atoms with E-state index in [9.17, 15) is 0 Å². The quantitative estimate of drug-likeness (QED) is 0.730. The van der Waals surface area contributed by atoms with Crippen LogP contribution in [-0.2, 0) is 0 Å². The maximum atomic E-state index is 5.49. The number of hydrogen-bond donors (Lipinski definition) is 2. The summed E-state index contributed by atoms with van der Waals surface area (Å²) >= 11 is 0. The van der Waals surface area contributed by atoms with Gasteiger partial charge in [0, 0.05) is 26.2 Å². The highest BCUT2D eigenvalue weighted by Gasteiger charge is 2.18. The number of rotatable bonds is 3. The molecule has 0 atom stereocenters. The molecular weight excluding hydrogens is 192 g/mol. The van der Waals surface area contributed by atoms with Crippen molar-refractivity contribution in [2.45, 2.75) is 13.3 Å². The van der Waals surface area contributed by atoms with Gasteiger partial charge < -0.3 is 10.6 Å². The highest BCUT2D eigenvalue weighted by molar-refractivity contribution is 5.34. The van der Waals surface area contributed by atoms with Gasteiger partial charge in [0.15, 0.2) is 0 Å². The maximum Gasteiger partial charge on any atom is 0.246 e. The van der Waals surface area contributed by atoms with Gasteiger partial charge in [0.25, 0.3) is 0 Å². The molecular formula is C9H18N6. The lowest BCUT2D eigenvalue weighted by molar-refractivity contribution is 0.257. The molecule has 1 aromatic rings. The first-order valence-corrected chi connectivity index (χ1v) is 5.44. The largest absolute Gasteiger partial charge is 0.368 e. The van der Waals surface area contributed by atoms with Crippen molar-refractivity contribution in [3.05, 3.63) is 0 Å². The van der Waals surface area contributed by atoms with Crippen LogP contribution in [0.4, 0.5) is 11.9 Å². The molecule has 6 heteroatoms. The minimum atomic E-state index is 0.390. The van der Waals surface area contributed by atoms with E-state index in [0.29, 0.717) is 5.95 Å². The zero-order chi connectivity index (χ0) is 10.7.